The first-order valence-electron chi connectivity index (χ1n) is 4.43. The predicted octanol–water partition coefficient (Wildman–Crippen LogP) is -0.542. The van der Waals surface area contributed by atoms with Gasteiger partial charge in [0.1, 0.15) is 0 Å². The molecule has 4 nitrogen and oxygen atoms in total. The lowest BCUT2D eigenvalue weighted by atomic mass is 9.79. The second-order valence-corrected chi connectivity index (χ2v) is 3.10. The average molecular weight is 190 g/mol. The van der Waals surface area contributed by atoms with Crippen LogP contribution in [0.15, 0.2) is 23.3 Å². The van der Waals surface area contributed by atoms with E-state index in [-0.39, 0.29) is 0 Å². The number of hydrogen-bond donors (Lipinski definition) is 2. The van der Waals surface area contributed by atoms with E-state index in [2.05, 4.69) is 10.5 Å². The number of benzene rings is 1. The third-order valence-electron chi connectivity index (χ3n) is 2.17. The molecule has 1 aliphatic heterocycles. The van der Waals surface area contributed by atoms with E-state index in [4.69, 9.17) is 4.65 Å². The molecule has 1 heterocycles. The van der Waals surface area contributed by atoms with Crippen molar-refractivity contribution in [1.82, 2.24) is 5.43 Å². The fourth-order valence-electron chi connectivity index (χ4n) is 1.47. The summed E-state index contributed by atoms with van der Waals surface area (Å²) < 4.78 is 5.08. The minimum atomic E-state index is -0.764. The van der Waals surface area contributed by atoms with Crippen molar-refractivity contribution in [2.45, 2.75) is 6.61 Å². The Morgan fingerprint density at radius 3 is 3.29 bits per heavy atom. The molecule has 14 heavy (non-hydrogen) atoms. The maximum atomic E-state index is 9.38. The lowest BCUT2D eigenvalue weighted by molar-refractivity contribution is 0.275. The Kier molecular flexibility index (Phi) is 2.52. The first-order valence-corrected chi connectivity index (χ1v) is 4.43. The highest BCUT2D eigenvalue weighted by Gasteiger charge is 2.26. The fraction of sp³-hybridized carbons (Fsp3) is 0.222. The highest BCUT2D eigenvalue weighted by molar-refractivity contribution is 6.61. The van der Waals surface area contributed by atoms with E-state index in [9.17, 15) is 5.02 Å². The summed E-state index contributed by atoms with van der Waals surface area (Å²) in [5.41, 5.74) is 5.56. The summed E-state index contributed by atoms with van der Waals surface area (Å²) in [7, 11) is 0.983. The topological polar surface area (TPSA) is 53.9 Å². The standard InChI is InChI=1S/C9H11BN2O2/c1-11-12-5-7-2-3-9-8(4-7)6-14-10(9)13/h2-5,11,13H,6H2,1H3/b12-5+. The van der Waals surface area contributed by atoms with Crippen LogP contribution < -0.4 is 10.9 Å². The maximum Gasteiger partial charge on any atom is 0.491 e. The zero-order chi connectivity index (χ0) is 9.97. The molecule has 2 rings (SSSR count). The van der Waals surface area contributed by atoms with Gasteiger partial charge in [0.25, 0.3) is 0 Å². The zero-order valence-corrected chi connectivity index (χ0v) is 7.90. The summed E-state index contributed by atoms with van der Waals surface area (Å²) >= 11 is 0. The van der Waals surface area contributed by atoms with Crippen molar-refractivity contribution in [3.8, 4) is 0 Å². The zero-order valence-electron chi connectivity index (χ0n) is 7.90. The first-order chi connectivity index (χ1) is 6.81. The smallest absolute Gasteiger partial charge is 0.423 e. The molecule has 0 saturated heterocycles. The molecular formula is C9H11BN2O2. The fourth-order valence-corrected chi connectivity index (χ4v) is 1.47. The maximum absolute atomic E-state index is 9.38. The van der Waals surface area contributed by atoms with Crippen LogP contribution in [0.1, 0.15) is 11.1 Å². The van der Waals surface area contributed by atoms with Crippen molar-refractivity contribution in [2.75, 3.05) is 7.05 Å². The second kappa shape index (κ2) is 3.81. The molecule has 1 aromatic rings. The Balaban J connectivity index is 2.28. The molecule has 0 saturated carbocycles. The van der Waals surface area contributed by atoms with Gasteiger partial charge in [0.2, 0.25) is 0 Å². The highest BCUT2D eigenvalue weighted by Crippen LogP contribution is 2.10. The Morgan fingerprint density at radius 1 is 1.64 bits per heavy atom. The number of rotatable bonds is 2. The van der Waals surface area contributed by atoms with E-state index in [1.807, 2.05) is 18.2 Å². The largest absolute Gasteiger partial charge is 0.491 e. The van der Waals surface area contributed by atoms with Gasteiger partial charge in [0.15, 0.2) is 0 Å². The van der Waals surface area contributed by atoms with Gasteiger partial charge in [-0.15, -0.1) is 0 Å². The summed E-state index contributed by atoms with van der Waals surface area (Å²) in [6.07, 6.45) is 1.73. The Morgan fingerprint density at radius 2 is 2.50 bits per heavy atom. The molecule has 0 aliphatic carbocycles. The number of hydrogen-bond acceptors (Lipinski definition) is 4. The van der Waals surface area contributed by atoms with Gasteiger partial charge in [-0.3, -0.25) is 0 Å². The van der Waals surface area contributed by atoms with Crippen LogP contribution in [0.3, 0.4) is 0 Å². The molecule has 1 aromatic carbocycles. The summed E-state index contributed by atoms with van der Waals surface area (Å²) in [6, 6.07) is 5.73. The molecule has 0 atom stereocenters. The summed E-state index contributed by atoms with van der Waals surface area (Å²) in [4.78, 5) is 0. The highest BCUT2D eigenvalue weighted by atomic mass is 16.5. The Bertz CT molecular complexity index is 368. The lowest BCUT2D eigenvalue weighted by Crippen LogP contribution is -2.27. The second-order valence-electron chi connectivity index (χ2n) is 3.10. The van der Waals surface area contributed by atoms with E-state index in [0.29, 0.717) is 6.61 Å². The molecule has 72 valence electrons. The molecule has 0 aromatic heterocycles. The summed E-state index contributed by atoms with van der Waals surface area (Å²) in [5, 5.41) is 13.3. The SMILES string of the molecule is CN/N=C/c1ccc2c(c1)COB2O. The van der Waals surface area contributed by atoms with E-state index in [1.54, 1.807) is 13.3 Å². The minimum Gasteiger partial charge on any atom is -0.423 e. The molecule has 0 spiro atoms. The molecular weight excluding hydrogens is 179 g/mol. The summed E-state index contributed by atoms with van der Waals surface area (Å²) in [6.45, 7) is 0.470. The molecule has 2 N–H and O–H groups in total. The Labute approximate surface area is 82.7 Å². The molecule has 0 radical (unpaired) electrons. The van der Waals surface area contributed by atoms with Crippen LogP contribution in [0.5, 0.6) is 0 Å². The van der Waals surface area contributed by atoms with E-state index < -0.39 is 7.12 Å². The van der Waals surface area contributed by atoms with Crippen molar-refractivity contribution in [2.24, 2.45) is 5.10 Å². The van der Waals surface area contributed by atoms with Gasteiger partial charge in [0, 0.05) is 7.05 Å². The van der Waals surface area contributed by atoms with Crippen molar-refractivity contribution in [1.29, 1.82) is 0 Å². The van der Waals surface area contributed by atoms with Crippen molar-refractivity contribution < 1.29 is 9.68 Å². The quantitative estimate of drug-likeness (QED) is 0.374. The molecule has 0 fully saturated rings. The van der Waals surface area contributed by atoms with E-state index >= 15 is 0 Å². The van der Waals surface area contributed by atoms with Crippen LogP contribution in [0, 0.1) is 0 Å². The molecule has 1 aliphatic rings. The summed E-state index contributed by atoms with van der Waals surface area (Å²) in [5.74, 6) is 0. The van der Waals surface area contributed by atoms with Crippen LogP contribution >= 0.6 is 0 Å². The third kappa shape index (κ3) is 1.64. The van der Waals surface area contributed by atoms with Crippen molar-refractivity contribution >= 4 is 18.8 Å². The van der Waals surface area contributed by atoms with Gasteiger partial charge < -0.3 is 15.1 Å². The van der Waals surface area contributed by atoms with Crippen molar-refractivity contribution in [3.05, 3.63) is 29.3 Å². The molecule has 0 amide bonds. The van der Waals surface area contributed by atoms with Gasteiger partial charge in [0.05, 0.1) is 12.8 Å². The predicted molar refractivity (Wildman–Crippen MR) is 55.5 cm³/mol. The van der Waals surface area contributed by atoms with Crippen LogP contribution in [-0.2, 0) is 11.3 Å². The molecule has 0 unspecified atom stereocenters. The first kappa shape index (κ1) is 9.24. The number of nitrogens with zero attached hydrogens (tertiary/aromatic N) is 1. The Hall–Kier alpha value is -1.33. The number of nitrogens with one attached hydrogen (secondary N) is 1. The van der Waals surface area contributed by atoms with Gasteiger partial charge in [-0.05, 0) is 22.7 Å². The third-order valence-corrected chi connectivity index (χ3v) is 2.17. The molecule has 5 heteroatoms. The van der Waals surface area contributed by atoms with Gasteiger partial charge in [-0.25, -0.2) is 0 Å². The van der Waals surface area contributed by atoms with Gasteiger partial charge in [-0.1, -0.05) is 12.1 Å². The van der Waals surface area contributed by atoms with E-state index in [0.717, 1.165) is 16.6 Å². The lowest BCUT2D eigenvalue weighted by Gasteiger charge is -1.98. The van der Waals surface area contributed by atoms with Crippen LogP contribution in [-0.4, -0.2) is 25.4 Å². The van der Waals surface area contributed by atoms with Crippen LogP contribution in [0.2, 0.25) is 0 Å². The van der Waals surface area contributed by atoms with Gasteiger partial charge in [-0.2, -0.15) is 5.10 Å². The number of fused-ring (bicyclic) bond motifs is 1. The van der Waals surface area contributed by atoms with Crippen LogP contribution in [0.25, 0.3) is 0 Å². The number of hydrazone groups is 1. The monoisotopic (exact) mass is 190 g/mol. The van der Waals surface area contributed by atoms with Crippen LogP contribution in [0.4, 0.5) is 0 Å². The molecule has 0 bridgehead atoms. The normalized spacial score (nSPS) is 14.9. The van der Waals surface area contributed by atoms with E-state index in [1.165, 1.54) is 0 Å². The average Bonchev–Trinajstić information content (AvgIpc) is 2.57. The van der Waals surface area contributed by atoms with Crippen molar-refractivity contribution in [3.63, 3.8) is 0 Å². The van der Waals surface area contributed by atoms with Gasteiger partial charge >= 0.3 is 7.12 Å². The minimum absolute atomic E-state index is 0.470.